The molecule has 3 heterocycles. The molecule has 2 fully saturated rings. The predicted octanol–water partition coefficient (Wildman–Crippen LogP) is 2.56. The maximum absolute atomic E-state index is 12.8. The number of carbonyl (C=O) groups is 1. The van der Waals surface area contributed by atoms with Gasteiger partial charge in [0.25, 0.3) is 5.69 Å². The van der Waals surface area contributed by atoms with E-state index in [2.05, 4.69) is 9.88 Å². The van der Waals surface area contributed by atoms with E-state index in [-0.39, 0.29) is 23.8 Å². The summed E-state index contributed by atoms with van der Waals surface area (Å²) >= 11 is 1.43. The first-order valence-corrected chi connectivity index (χ1v) is 8.27. The van der Waals surface area contributed by atoms with Gasteiger partial charge in [-0.15, -0.1) is 11.3 Å². The second-order valence-electron chi connectivity index (χ2n) is 5.64. The van der Waals surface area contributed by atoms with E-state index in [9.17, 15) is 14.9 Å². The first-order valence-electron chi connectivity index (χ1n) is 7.39. The molecule has 2 aromatic rings. The Morgan fingerprint density at radius 1 is 1.30 bits per heavy atom. The molecule has 8 heteroatoms. The van der Waals surface area contributed by atoms with Crippen molar-refractivity contribution in [3.8, 4) is 0 Å². The van der Waals surface area contributed by atoms with Crippen LogP contribution in [0.4, 0.5) is 10.8 Å². The van der Waals surface area contributed by atoms with Gasteiger partial charge in [0.2, 0.25) is 5.91 Å². The molecule has 2 aliphatic heterocycles. The van der Waals surface area contributed by atoms with Gasteiger partial charge in [-0.25, -0.2) is 4.98 Å². The van der Waals surface area contributed by atoms with E-state index in [0.29, 0.717) is 5.13 Å². The molecule has 118 valence electrons. The molecule has 0 saturated carbocycles. The van der Waals surface area contributed by atoms with Gasteiger partial charge in [0.1, 0.15) is 6.17 Å². The number of rotatable bonds is 3. The number of benzene rings is 1. The first kappa shape index (κ1) is 14.3. The van der Waals surface area contributed by atoms with Crippen LogP contribution in [0.2, 0.25) is 0 Å². The summed E-state index contributed by atoms with van der Waals surface area (Å²) in [5, 5.41) is 13.4. The molecule has 0 unspecified atom stereocenters. The monoisotopic (exact) mass is 330 g/mol. The van der Waals surface area contributed by atoms with E-state index >= 15 is 0 Å². The molecule has 0 radical (unpaired) electrons. The van der Waals surface area contributed by atoms with E-state index in [0.717, 1.165) is 24.9 Å². The Hall–Kier alpha value is -2.32. The Bertz CT molecular complexity index is 747. The summed E-state index contributed by atoms with van der Waals surface area (Å²) in [5.41, 5.74) is 0.931. The number of hydrogen-bond acceptors (Lipinski definition) is 6. The summed E-state index contributed by atoms with van der Waals surface area (Å²) in [6.07, 6.45) is 3.29. The molecule has 23 heavy (non-hydrogen) atoms. The zero-order valence-electron chi connectivity index (χ0n) is 12.2. The highest BCUT2D eigenvalue weighted by atomic mass is 32.1. The first-order chi connectivity index (χ1) is 11.2. The van der Waals surface area contributed by atoms with Crippen molar-refractivity contribution in [3.63, 3.8) is 0 Å². The maximum Gasteiger partial charge on any atom is 0.269 e. The third kappa shape index (κ3) is 2.22. The van der Waals surface area contributed by atoms with Gasteiger partial charge in [-0.3, -0.25) is 24.7 Å². The number of thiazole rings is 1. The van der Waals surface area contributed by atoms with Crippen molar-refractivity contribution in [1.29, 1.82) is 0 Å². The number of non-ortho nitro benzene ring substituents is 1. The van der Waals surface area contributed by atoms with Gasteiger partial charge in [-0.2, -0.15) is 0 Å². The second-order valence-corrected chi connectivity index (χ2v) is 6.51. The van der Waals surface area contributed by atoms with Crippen molar-refractivity contribution in [2.45, 2.75) is 25.0 Å². The number of nitrogens with zero attached hydrogens (tertiary/aromatic N) is 4. The molecule has 1 aromatic carbocycles. The molecule has 0 N–H and O–H groups in total. The number of anilines is 1. The highest BCUT2D eigenvalue weighted by molar-refractivity contribution is 7.13. The summed E-state index contributed by atoms with van der Waals surface area (Å²) in [4.78, 5) is 31.4. The molecule has 7 nitrogen and oxygen atoms in total. The van der Waals surface area contributed by atoms with Gasteiger partial charge in [0.05, 0.1) is 11.0 Å². The molecule has 1 amide bonds. The fraction of sp³-hybridized carbons (Fsp3) is 0.333. The summed E-state index contributed by atoms with van der Waals surface area (Å²) in [5.74, 6) is 0.0702. The van der Waals surface area contributed by atoms with Gasteiger partial charge >= 0.3 is 0 Å². The molecule has 0 bridgehead atoms. The molecule has 1 aromatic heterocycles. The zero-order valence-corrected chi connectivity index (χ0v) is 13.0. The SMILES string of the molecule is O=C1[C@@H]2CCCN2[C@@H](c2ccc([N+](=O)[O-])cc2)N1c1nccs1. The Kier molecular flexibility index (Phi) is 3.35. The standard InChI is InChI=1S/C15H14N4O3S/c20-14-12-2-1-8-17(12)13(18(14)15-16-7-9-23-15)10-3-5-11(6-4-10)19(21)22/h3-7,9,12-13H,1-2,8H2/t12-,13+/m0/s1. The van der Waals surface area contributed by atoms with Gasteiger partial charge in [-0.1, -0.05) is 0 Å². The summed E-state index contributed by atoms with van der Waals surface area (Å²) in [7, 11) is 0. The largest absolute Gasteiger partial charge is 0.273 e. The quantitative estimate of drug-likeness (QED) is 0.638. The highest BCUT2D eigenvalue weighted by Gasteiger charge is 2.50. The minimum atomic E-state index is -0.416. The van der Waals surface area contributed by atoms with Gasteiger partial charge in [-0.05, 0) is 30.5 Å². The number of aromatic nitrogens is 1. The van der Waals surface area contributed by atoms with Crippen LogP contribution < -0.4 is 4.90 Å². The summed E-state index contributed by atoms with van der Waals surface area (Å²) in [6, 6.07) is 6.33. The lowest BCUT2D eigenvalue weighted by Crippen LogP contribution is -2.32. The minimum absolute atomic E-state index is 0.0526. The highest BCUT2D eigenvalue weighted by Crippen LogP contribution is 2.43. The molecule has 2 atom stereocenters. The number of nitro benzene ring substituents is 1. The normalized spacial score (nSPS) is 24.2. The number of hydrogen-bond donors (Lipinski definition) is 0. The van der Waals surface area contributed by atoms with E-state index in [1.807, 2.05) is 5.38 Å². The molecule has 2 aliphatic rings. The van der Waals surface area contributed by atoms with Gasteiger partial charge in [0.15, 0.2) is 5.13 Å². The second kappa shape index (κ2) is 5.39. The van der Waals surface area contributed by atoms with Crippen molar-refractivity contribution >= 4 is 28.1 Å². The number of amides is 1. The van der Waals surface area contributed by atoms with Gasteiger partial charge < -0.3 is 0 Å². The fourth-order valence-corrected chi connectivity index (χ4v) is 4.09. The lowest BCUT2D eigenvalue weighted by Gasteiger charge is -2.27. The smallest absolute Gasteiger partial charge is 0.269 e. The molecular weight excluding hydrogens is 316 g/mol. The summed E-state index contributed by atoms with van der Waals surface area (Å²) in [6.45, 7) is 0.847. The van der Waals surface area contributed by atoms with Crippen LogP contribution in [0.15, 0.2) is 35.8 Å². The Balaban J connectivity index is 1.76. The van der Waals surface area contributed by atoms with Crippen molar-refractivity contribution in [2.75, 3.05) is 11.4 Å². The number of fused-ring (bicyclic) bond motifs is 1. The Labute approximate surface area is 136 Å². The minimum Gasteiger partial charge on any atom is -0.273 e. The third-order valence-corrected chi connectivity index (χ3v) is 5.17. The summed E-state index contributed by atoms with van der Waals surface area (Å²) < 4.78 is 0. The van der Waals surface area contributed by atoms with Crippen LogP contribution in [0, 0.1) is 10.1 Å². The molecule has 0 aliphatic carbocycles. The van der Waals surface area contributed by atoms with E-state index in [4.69, 9.17) is 0 Å². The van der Waals surface area contributed by atoms with Crippen LogP contribution in [-0.2, 0) is 4.79 Å². The Morgan fingerprint density at radius 3 is 2.74 bits per heavy atom. The predicted molar refractivity (Wildman–Crippen MR) is 85.2 cm³/mol. The molecular formula is C15H14N4O3S. The van der Waals surface area contributed by atoms with Crippen LogP contribution in [0.25, 0.3) is 0 Å². The number of carbonyl (C=O) groups excluding carboxylic acids is 1. The van der Waals surface area contributed by atoms with E-state index in [1.165, 1.54) is 23.5 Å². The van der Waals surface area contributed by atoms with Gasteiger partial charge in [0, 0.05) is 30.3 Å². The van der Waals surface area contributed by atoms with E-state index < -0.39 is 4.92 Å². The zero-order chi connectivity index (χ0) is 16.0. The van der Waals surface area contributed by atoms with Crippen molar-refractivity contribution in [1.82, 2.24) is 9.88 Å². The van der Waals surface area contributed by atoms with Crippen LogP contribution in [0.1, 0.15) is 24.6 Å². The topological polar surface area (TPSA) is 79.6 Å². The average Bonchev–Trinajstić information content (AvgIpc) is 3.26. The molecule has 2 saturated heterocycles. The average molecular weight is 330 g/mol. The lowest BCUT2D eigenvalue weighted by atomic mass is 10.1. The van der Waals surface area contributed by atoms with Crippen LogP contribution in [0.3, 0.4) is 0 Å². The van der Waals surface area contributed by atoms with Crippen molar-refractivity contribution in [2.24, 2.45) is 0 Å². The maximum atomic E-state index is 12.8. The fourth-order valence-electron chi connectivity index (χ4n) is 3.42. The Morgan fingerprint density at radius 2 is 2.09 bits per heavy atom. The van der Waals surface area contributed by atoms with Crippen molar-refractivity contribution < 1.29 is 9.72 Å². The molecule has 4 rings (SSSR count). The number of nitro groups is 1. The third-order valence-electron chi connectivity index (χ3n) is 4.40. The molecule has 0 spiro atoms. The van der Waals surface area contributed by atoms with Crippen LogP contribution >= 0.6 is 11.3 Å². The van der Waals surface area contributed by atoms with E-state index in [1.54, 1.807) is 23.2 Å². The van der Waals surface area contributed by atoms with Crippen molar-refractivity contribution in [3.05, 3.63) is 51.5 Å². The van der Waals surface area contributed by atoms with Crippen LogP contribution in [-0.4, -0.2) is 33.3 Å². The van der Waals surface area contributed by atoms with Crippen LogP contribution in [0.5, 0.6) is 0 Å². The lowest BCUT2D eigenvalue weighted by molar-refractivity contribution is -0.384.